The highest BCUT2D eigenvalue weighted by atomic mass is 16.5. The van der Waals surface area contributed by atoms with Crippen LogP contribution < -0.4 is 5.32 Å². The molecule has 70 valence electrons. The Labute approximate surface area is 78.9 Å². The average Bonchev–Trinajstić information content (AvgIpc) is 2.40. The van der Waals surface area contributed by atoms with Gasteiger partial charge in [0.05, 0.1) is 0 Å². The fraction of sp³-hybridized carbons (Fsp3) is 0.455. The monoisotopic (exact) mass is 177 g/mol. The molecule has 2 rings (SSSR count). The molecule has 0 saturated carbocycles. The number of hydrogen-bond acceptors (Lipinski definition) is 2. The lowest BCUT2D eigenvalue weighted by molar-refractivity contribution is 0.00368. The Kier molecular flexibility index (Phi) is 2.00. The highest BCUT2D eigenvalue weighted by molar-refractivity contribution is 5.57. The van der Waals surface area contributed by atoms with E-state index in [0.29, 0.717) is 0 Å². The summed E-state index contributed by atoms with van der Waals surface area (Å²) in [7, 11) is 0. The molecule has 1 aromatic rings. The topological polar surface area (TPSA) is 21.3 Å². The molecule has 0 amide bonds. The summed E-state index contributed by atoms with van der Waals surface area (Å²) in [5, 5.41) is 3.39. The summed E-state index contributed by atoms with van der Waals surface area (Å²) in [5.74, 6) is 0. The summed E-state index contributed by atoms with van der Waals surface area (Å²) in [4.78, 5) is 0. The van der Waals surface area contributed by atoms with Crippen molar-refractivity contribution in [3.05, 3.63) is 29.8 Å². The van der Waals surface area contributed by atoms with Crippen LogP contribution in [0.1, 0.15) is 19.4 Å². The highest BCUT2D eigenvalue weighted by Gasteiger charge is 2.31. The zero-order chi connectivity index (χ0) is 9.31. The lowest BCUT2D eigenvalue weighted by atomic mass is 10.1. The molecule has 1 aromatic carbocycles. The van der Waals surface area contributed by atoms with E-state index in [0.717, 1.165) is 13.0 Å². The Balaban J connectivity index is 2.21. The van der Waals surface area contributed by atoms with Gasteiger partial charge in [-0.15, -0.1) is 0 Å². The first-order valence-electron chi connectivity index (χ1n) is 4.73. The van der Waals surface area contributed by atoms with Crippen LogP contribution in [-0.2, 0) is 11.2 Å². The number of hydrogen-bond donors (Lipinski definition) is 1. The van der Waals surface area contributed by atoms with Gasteiger partial charge in [0.25, 0.3) is 0 Å². The minimum atomic E-state index is -0.196. The molecular weight excluding hydrogens is 162 g/mol. The molecule has 2 nitrogen and oxygen atoms in total. The maximum absolute atomic E-state index is 5.66. The molecule has 1 heterocycles. The van der Waals surface area contributed by atoms with E-state index in [1.165, 1.54) is 11.3 Å². The summed E-state index contributed by atoms with van der Waals surface area (Å²) in [6.45, 7) is 4.86. The van der Waals surface area contributed by atoms with Crippen LogP contribution in [0.25, 0.3) is 0 Å². The molecule has 1 atom stereocenters. The maximum atomic E-state index is 5.66. The zero-order valence-corrected chi connectivity index (χ0v) is 8.13. The predicted molar refractivity (Wildman–Crippen MR) is 53.8 cm³/mol. The summed E-state index contributed by atoms with van der Waals surface area (Å²) in [6, 6.07) is 8.36. The van der Waals surface area contributed by atoms with Crippen molar-refractivity contribution in [2.24, 2.45) is 0 Å². The van der Waals surface area contributed by atoms with Gasteiger partial charge in [0.15, 0.2) is 0 Å². The van der Waals surface area contributed by atoms with E-state index in [-0.39, 0.29) is 5.72 Å². The Hall–Kier alpha value is -1.02. The van der Waals surface area contributed by atoms with Gasteiger partial charge in [-0.05, 0) is 25.5 Å². The SMILES string of the molecule is CCOC1(C)Cc2ccccc2N1. The van der Waals surface area contributed by atoms with E-state index >= 15 is 0 Å². The third-order valence-electron chi connectivity index (χ3n) is 2.41. The van der Waals surface area contributed by atoms with E-state index < -0.39 is 0 Å². The van der Waals surface area contributed by atoms with Crippen LogP contribution in [0, 0.1) is 0 Å². The predicted octanol–water partition coefficient (Wildman–Crippen LogP) is 2.41. The van der Waals surface area contributed by atoms with Crippen molar-refractivity contribution in [2.75, 3.05) is 11.9 Å². The number of nitrogens with one attached hydrogen (secondary N) is 1. The third kappa shape index (κ3) is 1.54. The van der Waals surface area contributed by atoms with Gasteiger partial charge in [-0.25, -0.2) is 0 Å². The number of anilines is 1. The van der Waals surface area contributed by atoms with E-state index in [9.17, 15) is 0 Å². The average molecular weight is 177 g/mol. The Morgan fingerprint density at radius 1 is 1.46 bits per heavy atom. The summed E-state index contributed by atoms with van der Waals surface area (Å²) in [5.41, 5.74) is 2.36. The highest BCUT2D eigenvalue weighted by Crippen LogP contribution is 2.32. The molecule has 0 bridgehead atoms. The first-order valence-corrected chi connectivity index (χ1v) is 4.73. The van der Waals surface area contributed by atoms with Gasteiger partial charge in [-0.1, -0.05) is 18.2 Å². The number of rotatable bonds is 2. The molecule has 0 aliphatic carbocycles. The summed E-state index contributed by atoms with van der Waals surface area (Å²) < 4.78 is 5.66. The van der Waals surface area contributed by atoms with Gasteiger partial charge < -0.3 is 10.1 Å². The molecule has 13 heavy (non-hydrogen) atoms. The second-order valence-corrected chi connectivity index (χ2v) is 3.62. The van der Waals surface area contributed by atoms with Crippen molar-refractivity contribution < 1.29 is 4.74 Å². The minimum Gasteiger partial charge on any atom is -0.357 e. The fourth-order valence-electron chi connectivity index (χ4n) is 1.89. The van der Waals surface area contributed by atoms with Crippen LogP contribution in [0.3, 0.4) is 0 Å². The van der Waals surface area contributed by atoms with E-state index in [4.69, 9.17) is 4.74 Å². The van der Waals surface area contributed by atoms with E-state index in [2.05, 4.69) is 30.4 Å². The number of fused-ring (bicyclic) bond motifs is 1. The first kappa shape index (κ1) is 8.57. The lowest BCUT2D eigenvalue weighted by Crippen LogP contribution is -2.35. The largest absolute Gasteiger partial charge is 0.357 e. The summed E-state index contributed by atoms with van der Waals surface area (Å²) in [6.07, 6.45) is 0.955. The van der Waals surface area contributed by atoms with Crippen LogP contribution in [0.15, 0.2) is 24.3 Å². The molecule has 2 heteroatoms. The van der Waals surface area contributed by atoms with Crippen LogP contribution in [0.5, 0.6) is 0 Å². The number of para-hydroxylation sites is 1. The lowest BCUT2D eigenvalue weighted by Gasteiger charge is -2.24. The first-order chi connectivity index (χ1) is 6.23. The van der Waals surface area contributed by atoms with Crippen molar-refractivity contribution in [2.45, 2.75) is 26.0 Å². The molecule has 0 radical (unpaired) electrons. The van der Waals surface area contributed by atoms with Gasteiger partial charge in [-0.3, -0.25) is 0 Å². The Morgan fingerprint density at radius 3 is 2.92 bits per heavy atom. The van der Waals surface area contributed by atoms with Crippen molar-refractivity contribution in [1.29, 1.82) is 0 Å². The van der Waals surface area contributed by atoms with E-state index in [1.54, 1.807) is 0 Å². The van der Waals surface area contributed by atoms with Gasteiger partial charge in [0, 0.05) is 18.7 Å². The van der Waals surface area contributed by atoms with Crippen molar-refractivity contribution in [3.8, 4) is 0 Å². The molecule has 0 aromatic heterocycles. The minimum absolute atomic E-state index is 0.196. The molecule has 0 saturated heterocycles. The third-order valence-corrected chi connectivity index (χ3v) is 2.41. The molecule has 0 fully saturated rings. The molecule has 1 unspecified atom stereocenters. The Morgan fingerprint density at radius 2 is 2.23 bits per heavy atom. The van der Waals surface area contributed by atoms with Gasteiger partial charge >= 0.3 is 0 Å². The Bertz CT molecular complexity index is 284. The van der Waals surface area contributed by atoms with Crippen LogP contribution in [0.4, 0.5) is 5.69 Å². The fourth-order valence-corrected chi connectivity index (χ4v) is 1.89. The number of benzene rings is 1. The number of ether oxygens (including phenoxy) is 1. The second-order valence-electron chi connectivity index (χ2n) is 3.62. The van der Waals surface area contributed by atoms with Crippen LogP contribution in [0.2, 0.25) is 0 Å². The van der Waals surface area contributed by atoms with Crippen LogP contribution in [-0.4, -0.2) is 12.3 Å². The smallest absolute Gasteiger partial charge is 0.139 e. The molecule has 0 spiro atoms. The standard InChI is InChI=1S/C11H15NO/c1-3-13-11(2)8-9-6-4-5-7-10(9)12-11/h4-7,12H,3,8H2,1-2H3. The quantitative estimate of drug-likeness (QED) is 0.749. The van der Waals surface area contributed by atoms with Crippen molar-refractivity contribution in [3.63, 3.8) is 0 Å². The van der Waals surface area contributed by atoms with E-state index in [1.807, 2.05) is 13.0 Å². The van der Waals surface area contributed by atoms with Crippen molar-refractivity contribution >= 4 is 5.69 Å². The van der Waals surface area contributed by atoms with Gasteiger partial charge in [0.1, 0.15) is 5.72 Å². The van der Waals surface area contributed by atoms with Gasteiger partial charge in [-0.2, -0.15) is 0 Å². The molecule has 1 aliphatic rings. The van der Waals surface area contributed by atoms with Crippen LogP contribution >= 0.6 is 0 Å². The summed E-state index contributed by atoms with van der Waals surface area (Å²) >= 11 is 0. The van der Waals surface area contributed by atoms with Gasteiger partial charge in [0.2, 0.25) is 0 Å². The molecule has 1 N–H and O–H groups in total. The van der Waals surface area contributed by atoms with Crippen molar-refractivity contribution in [1.82, 2.24) is 0 Å². The zero-order valence-electron chi connectivity index (χ0n) is 8.13. The second kappa shape index (κ2) is 3.04. The maximum Gasteiger partial charge on any atom is 0.139 e. The molecular formula is C11H15NO. The normalized spacial score (nSPS) is 25.4. The molecule has 1 aliphatic heterocycles.